The lowest BCUT2D eigenvalue weighted by Gasteiger charge is -2.08. The first-order chi connectivity index (χ1) is 17.0. The van der Waals surface area contributed by atoms with Gasteiger partial charge in [0.1, 0.15) is 21.1 Å². The fourth-order valence-corrected chi connectivity index (χ4v) is 5.82. The molecule has 0 spiro atoms. The summed E-state index contributed by atoms with van der Waals surface area (Å²) in [6.07, 6.45) is 4.30. The summed E-state index contributed by atoms with van der Waals surface area (Å²) in [7, 11) is 0. The van der Waals surface area contributed by atoms with Gasteiger partial charge in [-0.05, 0) is 37.3 Å². The quantitative estimate of drug-likeness (QED) is 0.253. The number of aromatic nitrogens is 3. The highest BCUT2D eigenvalue weighted by Gasteiger charge is 2.24. The number of pyridine rings is 1. The molecule has 1 aliphatic carbocycles. The molecule has 2 amide bonds. The number of amides is 2. The molecule has 3 aromatic heterocycles. The van der Waals surface area contributed by atoms with Gasteiger partial charge < -0.3 is 10.4 Å². The second-order valence-electron chi connectivity index (χ2n) is 8.16. The summed E-state index contributed by atoms with van der Waals surface area (Å²) in [5, 5.41) is 24.3. The molecule has 35 heavy (non-hydrogen) atoms. The monoisotopic (exact) mass is 507 g/mol. The van der Waals surface area contributed by atoms with Crippen LogP contribution in [0.2, 0.25) is 0 Å². The Hall–Kier alpha value is -3.70. The number of fused-ring (bicyclic) bond motifs is 2. The Balaban J connectivity index is 1.49. The SMILES string of the molecule is O=C(O)CC(=O)Nc1c(C(=O)Nc2nnc(-c3ccccc3)s2)sc2nc3c(cc12)CCCCC3. The van der Waals surface area contributed by atoms with Crippen molar-refractivity contribution in [3.63, 3.8) is 0 Å². The summed E-state index contributed by atoms with van der Waals surface area (Å²) in [4.78, 5) is 42.3. The highest BCUT2D eigenvalue weighted by molar-refractivity contribution is 7.21. The number of aryl methyl sites for hydroxylation is 2. The third kappa shape index (κ3) is 5.05. The van der Waals surface area contributed by atoms with E-state index in [1.54, 1.807) is 0 Å². The number of nitrogens with zero attached hydrogens (tertiary/aromatic N) is 3. The molecule has 178 valence electrons. The average Bonchev–Trinajstić information content (AvgIpc) is 3.35. The minimum atomic E-state index is -1.25. The molecule has 0 saturated carbocycles. The fraction of sp³-hybridized carbons (Fsp3) is 0.250. The van der Waals surface area contributed by atoms with Gasteiger partial charge in [0.2, 0.25) is 11.0 Å². The maximum atomic E-state index is 13.3. The number of hydrogen-bond acceptors (Lipinski definition) is 8. The van der Waals surface area contributed by atoms with Crippen molar-refractivity contribution in [3.05, 3.63) is 52.5 Å². The van der Waals surface area contributed by atoms with Crippen molar-refractivity contribution in [2.24, 2.45) is 0 Å². The van der Waals surface area contributed by atoms with Crippen LogP contribution in [0.1, 0.15) is 46.6 Å². The lowest BCUT2D eigenvalue weighted by Crippen LogP contribution is -2.19. The van der Waals surface area contributed by atoms with Gasteiger partial charge in [0.25, 0.3) is 5.91 Å². The first-order valence-corrected chi connectivity index (χ1v) is 12.8. The van der Waals surface area contributed by atoms with Crippen LogP contribution >= 0.6 is 22.7 Å². The van der Waals surface area contributed by atoms with E-state index in [9.17, 15) is 14.4 Å². The smallest absolute Gasteiger partial charge is 0.312 e. The van der Waals surface area contributed by atoms with Crippen molar-refractivity contribution in [2.45, 2.75) is 38.5 Å². The Morgan fingerprint density at radius 3 is 2.57 bits per heavy atom. The van der Waals surface area contributed by atoms with Crippen LogP contribution < -0.4 is 10.6 Å². The normalized spacial score (nSPS) is 13.1. The van der Waals surface area contributed by atoms with Gasteiger partial charge in [-0.1, -0.05) is 48.1 Å². The van der Waals surface area contributed by atoms with Gasteiger partial charge in [0.15, 0.2) is 0 Å². The molecule has 0 atom stereocenters. The lowest BCUT2D eigenvalue weighted by atomic mass is 10.1. The van der Waals surface area contributed by atoms with E-state index in [-0.39, 0.29) is 10.6 Å². The highest BCUT2D eigenvalue weighted by Crippen LogP contribution is 2.38. The molecule has 0 saturated heterocycles. The third-order valence-electron chi connectivity index (χ3n) is 5.66. The number of thiophene rings is 1. The molecule has 0 aliphatic heterocycles. The second kappa shape index (κ2) is 9.88. The molecule has 0 unspecified atom stereocenters. The molecule has 0 radical (unpaired) electrons. The zero-order valence-electron chi connectivity index (χ0n) is 18.5. The number of hydrogen-bond donors (Lipinski definition) is 3. The van der Waals surface area contributed by atoms with Crippen molar-refractivity contribution in [1.29, 1.82) is 0 Å². The predicted molar refractivity (Wildman–Crippen MR) is 135 cm³/mol. The molecule has 3 N–H and O–H groups in total. The number of aliphatic carboxylic acids is 1. The number of carboxylic acids is 1. The number of benzene rings is 1. The number of nitrogens with one attached hydrogen (secondary N) is 2. The summed E-state index contributed by atoms with van der Waals surface area (Å²) >= 11 is 2.40. The van der Waals surface area contributed by atoms with E-state index in [2.05, 4.69) is 20.8 Å². The van der Waals surface area contributed by atoms with E-state index < -0.39 is 24.2 Å². The molecular formula is C24H21N5O4S2. The number of rotatable bonds is 6. The maximum Gasteiger partial charge on any atom is 0.312 e. The number of carbonyl (C=O) groups is 3. The summed E-state index contributed by atoms with van der Waals surface area (Å²) < 4.78 is 0. The zero-order chi connectivity index (χ0) is 24.4. The first-order valence-electron chi connectivity index (χ1n) is 11.1. The van der Waals surface area contributed by atoms with Gasteiger partial charge in [-0.2, -0.15) is 0 Å². The number of carbonyl (C=O) groups excluding carboxylic acids is 2. The van der Waals surface area contributed by atoms with Crippen molar-refractivity contribution >= 4 is 61.5 Å². The van der Waals surface area contributed by atoms with Crippen LogP contribution in [0.3, 0.4) is 0 Å². The number of anilines is 2. The van der Waals surface area contributed by atoms with Crippen LogP contribution in [-0.2, 0) is 22.4 Å². The molecule has 1 aliphatic rings. The van der Waals surface area contributed by atoms with Crippen LogP contribution in [0.4, 0.5) is 10.8 Å². The largest absolute Gasteiger partial charge is 0.481 e. The second-order valence-corrected chi connectivity index (χ2v) is 10.1. The molecule has 11 heteroatoms. The maximum absolute atomic E-state index is 13.3. The van der Waals surface area contributed by atoms with E-state index in [0.717, 1.165) is 48.9 Å². The molecule has 0 bridgehead atoms. The van der Waals surface area contributed by atoms with Gasteiger partial charge in [-0.3, -0.25) is 19.7 Å². The Morgan fingerprint density at radius 2 is 1.77 bits per heavy atom. The zero-order valence-corrected chi connectivity index (χ0v) is 20.2. The Kier molecular flexibility index (Phi) is 6.51. The molecule has 0 fully saturated rings. The van der Waals surface area contributed by atoms with E-state index in [1.807, 2.05) is 36.4 Å². The van der Waals surface area contributed by atoms with Gasteiger partial charge in [0, 0.05) is 16.6 Å². The van der Waals surface area contributed by atoms with E-state index in [0.29, 0.717) is 20.4 Å². The Bertz CT molecular complexity index is 1430. The van der Waals surface area contributed by atoms with Crippen LogP contribution in [-0.4, -0.2) is 38.1 Å². The van der Waals surface area contributed by atoms with Crippen molar-refractivity contribution in [1.82, 2.24) is 15.2 Å². The van der Waals surface area contributed by atoms with Crippen LogP contribution in [0.15, 0.2) is 36.4 Å². The van der Waals surface area contributed by atoms with Gasteiger partial charge in [0.05, 0.1) is 5.69 Å². The average molecular weight is 508 g/mol. The predicted octanol–water partition coefficient (Wildman–Crippen LogP) is 4.75. The van der Waals surface area contributed by atoms with E-state index in [4.69, 9.17) is 10.1 Å². The fourth-order valence-electron chi connectivity index (χ4n) is 4.05. The minimum Gasteiger partial charge on any atom is -0.481 e. The molecular weight excluding hydrogens is 486 g/mol. The Morgan fingerprint density at radius 1 is 0.971 bits per heavy atom. The molecule has 1 aromatic carbocycles. The van der Waals surface area contributed by atoms with Crippen LogP contribution in [0.25, 0.3) is 20.8 Å². The van der Waals surface area contributed by atoms with Gasteiger partial charge in [-0.25, -0.2) is 4.98 Å². The molecule has 3 heterocycles. The third-order valence-corrected chi connectivity index (χ3v) is 7.65. The molecule has 9 nitrogen and oxygen atoms in total. The summed E-state index contributed by atoms with van der Waals surface area (Å²) in [5.41, 5.74) is 3.29. The van der Waals surface area contributed by atoms with E-state index in [1.165, 1.54) is 22.7 Å². The topological polar surface area (TPSA) is 134 Å². The standard InChI is InChI=1S/C24H21N5O4S2/c30-17(12-18(31)32)26-19-15-11-14-9-5-2-6-10-16(14)25-23(15)34-20(19)21(33)27-24-29-28-22(35-24)13-7-3-1-4-8-13/h1,3-4,7-8,11H,2,5-6,9-10,12H2,(H,26,30)(H,31,32)(H,27,29,33). The van der Waals surface area contributed by atoms with Crippen molar-refractivity contribution in [3.8, 4) is 10.6 Å². The number of carboxylic acid groups (broad SMARTS) is 1. The highest BCUT2D eigenvalue weighted by atomic mass is 32.1. The summed E-state index contributed by atoms with van der Waals surface area (Å²) in [6, 6.07) is 11.5. The first kappa shape index (κ1) is 23.1. The minimum absolute atomic E-state index is 0.239. The summed E-state index contributed by atoms with van der Waals surface area (Å²) in [5.74, 6) is -2.42. The van der Waals surface area contributed by atoms with Crippen LogP contribution in [0.5, 0.6) is 0 Å². The van der Waals surface area contributed by atoms with Crippen molar-refractivity contribution in [2.75, 3.05) is 10.6 Å². The molecule has 4 aromatic rings. The van der Waals surface area contributed by atoms with Crippen LogP contribution in [0, 0.1) is 0 Å². The molecule has 5 rings (SSSR count). The van der Waals surface area contributed by atoms with Crippen molar-refractivity contribution < 1.29 is 19.5 Å². The lowest BCUT2D eigenvalue weighted by molar-refractivity contribution is -0.139. The Labute approximate surface area is 208 Å². The van der Waals surface area contributed by atoms with Gasteiger partial charge >= 0.3 is 5.97 Å². The van der Waals surface area contributed by atoms with E-state index >= 15 is 0 Å². The van der Waals surface area contributed by atoms with Gasteiger partial charge in [-0.15, -0.1) is 21.5 Å². The summed E-state index contributed by atoms with van der Waals surface area (Å²) in [6.45, 7) is 0.